The van der Waals surface area contributed by atoms with Crippen LogP contribution in [0, 0.1) is 0 Å². The van der Waals surface area contributed by atoms with E-state index in [1.165, 1.54) is 6.92 Å². The molecule has 10 nitrogen and oxygen atoms in total. The van der Waals surface area contributed by atoms with Crippen LogP contribution >= 0.6 is 0 Å². The summed E-state index contributed by atoms with van der Waals surface area (Å²) in [4.78, 5) is 49.9. The molecular weight excluding hydrogens is 416 g/mol. The first-order valence-electron chi connectivity index (χ1n) is 9.12. The maximum Gasteiger partial charge on any atom is 0.333 e. The fourth-order valence-corrected chi connectivity index (χ4v) is 5.60. The lowest BCUT2D eigenvalue weighted by Crippen LogP contribution is -2.83. The van der Waals surface area contributed by atoms with Gasteiger partial charge in [-0.1, -0.05) is 18.2 Å². The summed E-state index contributed by atoms with van der Waals surface area (Å²) in [5.74, 6) is -2.37. The molecule has 2 saturated heterocycles. The smallest absolute Gasteiger partial charge is 0.333 e. The summed E-state index contributed by atoms with van der Waals surface area (Å²) in [5.41, 5.74) is -1.51. The van der Waals surface area contributed by atoms with Crippen LogP contribution in [0.2, 0.25) is 0 Å². The van der Waals surface area contributed by atoms with E-state index < -0.39 is 58.0 Å². The number of ether oxygens (including phenoxy) is 3. The number of carbonyl (C=O) groups is 4. The first kappa shape index (κ1) is 21.9. The van der Waals surface area contributed by atoms with Gasteiger partial charge in [0.25, 0.3) is 11.8 Å². The Balaban J connectivity index is 1.72. The van der Waals surface area contributed by atoms with Crippen LogP contribution in [0.5, 0.6) is 5.75 Å². The van der Waals surface area contributed by atoms with Gasteiger partial charge >= 0.3 is 11.9 Å². The minimum absolute atomic E-state index is 0.187. The summed E-state index contributed by atoms with van der Waals surface area (Å²) >= 11 is -1.70. The average Bonchev–Trinajstić information content (AvgIpc) is 2.69. The van der Waals surface area contributed by atoms with Gasteiger partial charge in [0.05, 0.1) is 7.11 Å². The largest absolute Gasteiger partial charge is 0.615 e. The van der Waals surface area contributed by atoms with Crippen LogP contribution < -0.4 is 10.1 Å². The molecule has 1 aromatic carbocycles. The Kier molecular flexibility index (Phi) is 6.22. The molecule has 5 atom stereocenters. The number of methoxy groups -OCH3 is 1. The van der Waals surface area contributed by atoms with Gasteiger partial charge in [0.15, 0.2) is 24.3 Å². The number of hydrogen-bond donors (Lipinski definition) is 1. The number of β-lactam (4-membered cyclic amide) rings is 1. The van der Waals surface area contributed by atoms with Crippen molar-refractivity contribution < 1.29 is 37.9 Å². The van der Waals surface area contributed by atoms with Crippen LogP contribution in [0.3, 0.4) is 0 Å². The second-order valence-electron chi connectivity index (χ2n) is 7.14. The van der Waals surface area contributed by atoms with Crippen molar-refractivity contribution >= 4 is 34.9 Å². The lowest BCUT2D eigenvalue weighted by Gasteiger charge is -2.56. The molecule has 3 rings (SSSR count). The van der Waals surface area contributed by atoms with E-state index in [4.69, 9.17) is 14.2 Å². The number of hydrogen-bond acceptors (Lipinski definition) is 8. The molecule has 1 aromatic rings. The molecule has 0 bridgehead atoms. The van der Waals surface area contributed by atoms with E-state index in [9.17, 15) is 23.7 Å². The molecule has 11 heteroatoms. The lowest BCUT2D eigenvalue weighted by atomic mass is 9.90. The number of rotatable bonds is 6. The molecule has 2 aliphatic heterocycles. The van der Waals surface area contributed by atoms with Gasteiger partial charge in [-0.05, 0) is 30.2 Å². The van der Waals surface area contributed by atoms with Crippen molar-refractivity contribution in [1.82, 2.24) is 10.2 Å². The van der Waals surface area contributed by atoms with E-state index in [1.54, 1.807) is 30.3 Å². The van der Waals surface area contributed by atoms with Crippen molar-refractivity contribution in [3.63, 3.8) is 0 Å². The molecular formula is C19H22N2O8S. The Morgan fingerprint density at radius 3 is 2.57 bits per heavy atom. The molecule has 2 heterocycles. The van der Waals surface area contributed by atoms with E-state index in [0.717, 1.165) is 18.9 Å². The number of esters is 2. The van der Waals surface area contributed by atoms with Gasteiger partial charge in [0.1, 0.15) is 11.5 Å². The third kappa shape index (κ3) is 4.08. The highest BCUT2D eigenvalue weighted by Gasteiger charge is 2.69. The van der Waals surface area contributed by atoms with E-state index in [0.29, 0.717) is 5.75 Å². The van der Waals surface area contributed by atoms with Gasteiger partial charge in [-0.15, -0.1) is 0 Å². The minimum Gasteiger partial charge on any atom is -0.615 e. The van der Waals surface area contributed by atoms with Crippen LogP contribution in [0.1, 0.15) is 13.8 Å². The summed E-state index contributed by atoms with van der Waals surface area (Å²) < 4.78 is 28.2. The highest BCUT2D eigenvalue weighted by Crippen LogP contribution is 2.40. The molecule has 0 radical (unpaired) electrons. The van der Waals surface area contributed by atoms with Gasteiger partial charge < -0.3 is 24.1 Å². The molecule has 2 unspecified atom stereocenters. The molecule has 2 aliphatic rings. The number of para-hydroxylation sites is 1. The van der Waals surface area contributed by atoms with Gasteiger partial charge in [-0.25, -0.2) is 4.79 Å². The highest BCUT2D eigenvalue weighted by atomic mass is 32.2. The SMILES string of the molecule is COC(=O)C1N2C(=O)C(NC(=O)COc3ccccc3)[C@@H]2[S@@+]([O-])C[C@@]1(C)OC(C)=O. The zero-order chi connectivity index (χ0) is 22.1. The summed E-state index contributed by atoms with van der Waals surface area (Å²) in [6.07, 6.45) is 0. The number of amides is 2. The Bertz CT molecular complexity index is 850. The molecule has 0 aromatic heterocycles. The van der Waals surface area contributed by atoms with Crippen molar-refractivity contribution in [2.24, 2.45) is 0 Å². The van der Waals surface area contributed by atoms with Crippen LogP contribution in [0.4, 0.5) is 0 Å². The molecule has 162 valence electrons. The lowest BCUT2D eigenvalue weighted by molar-refractivity contribution is -0.186. The van der Waals surface area contributed by atoms with Gasteiger partial charge in [0, 0.05) is 6.92 Å². The summed E-state index contributed by atoms with van der Waals surface area (Å²) in [6.45, 7) is 2.25. The zero-order valence-corrected chi connectivity index (χ0v) is 17.5. The topological polar surface area (TPSA) is 134 Å². The van der Waals surface area contributed by atoms with Crippen molar-refractivity contribution in [2.45, 2.75) is 36.9 Å². The standard InChI is InChI=1S/C19H22N2O8S/c1-11(22)29-19(2)10-30(26)17-14(16(24)21(17)15(19)18(25)27-3)20-13(23)9-28-12-7-5-4-6-8-12/h4-8,14-15,17H,9-10H2,1-3H3,(H,20,23)/t14?,15?,17-,19+,30-/m0/s1. The third-order valence-electron chi connectivity index (χ3n) is 4.87. The quantitative estimate of drug-likeness (QED) is 0.352. The summed E-state index contributed by atoms with van der Waals surface area (Å²) in [5, 5.41) is 1.56. The van der Waals surface area contributed by atoms with E-state index in [-0.39, 0.29) is 12.4 Å². The molecule has 2 amide bonds. The van der Waals surface area contributed by atoms with E-state index >= 15 is 0 Å². The van der Waals surface area contributed by atoms with Crippen molar-refractivity contribution in [1.29, 1.82) is 0 Å². The van der Waals surface area contributed by atoms with Gasteiger partial charge in [-0.2, -0.15) is 0 Å². The summed E-state index contributed by atoms with van der Waals surface area (Å²) in [6, 6.07) is 6.31. The predicted molar refractivity (Wildman–Crippen MR) is 103 cm³/mol. The van der Waals surface area contributed by atoms with Crippen molar-refractivity contribution in [2.75, 3.05) is 19.5 Å². The number of fused-ring (bicyclic) bond motifs is 1. The van der Waals surface area contributed by atoms with Crippen molar-refractivity contribution in [3.05, 3.63) is 30.3 Å². The molecule has 0 saturated carbocycles. The fraction of sp³-hybridized carbons (Fsp3) is 0.474. The number of carbonyl (C=O) groups excluding carboxylic acids is 4. The zero-order valence-electron chi connectivity index (χ0n) is 16.7. The van der Waals surface area contributed by atoms with Gasteiger partial charge in [0.2, 0.25) is 5.37 Å². The Hall–Kier alpha value is -2.79. The summed E-state index contributed by atoms with van der Waals surface area (Å²) in [7, 11) is 1.14. The van der Waals surface area contributed by atoms with Crippen LogP contribution in [-0.2, 0) is 39.8 Å². The third-order valence-corrected chi connectivity index (χ3v) is 6.76. The highest BCUT2D eigenvalue weighted by molar-refractivity contribution is 7.92. The number of benzene rings is 1. The fourth-order valence-electron chi connectivity index (χ4n) is 3.68. The molecule has 2 fully saturated rings. The van der Waals surface area contributed by atoms with Crippen LogP contribution in [0.25, 0.3) is 0 Å². The van der Waals surface area contributed by atoms with E-state index in [1.807, 2.05) is 0 Å². The Morgan fingerprint density at radius 2 is 1.97 bits per heavy atom. The molecule has 30 heavy (non-hydrogen) atoms. The molecule has 1 N–H and O–H groups in total. The maximum atomic E-state index is 12.8. The Morgan fingerprint density at radius 1 is 1.30 bits per heavy atom. The van der Waals surface area contributed by atoms with Crippen molar-refractivity contribution in [3.8, 4) is 5.75 Å². The first-order chi connectivity index (χ1) is 14.2. The number of nitrogens with one attached hydrogen (secondary N) is 1. The molecule has 0 spiro atoms. The normalized spacial score (nSPS) is 29.9. The second-order valence-corrected chi connectivity index (χ2v) is 8.67. The Labute approximate surface area is 176 Å². The number of nitrogens with zero attached hydrogens (tertiary/aromatic N) is 1. The monoisotopic (exact) mass is 438 g/mol. The predicted octanol–water partition coefficient (Wildman–Crippen LogP) is -0.656. The van der Waals surface area contributed by atoms with E-state index in [2.05, 4.69) is 5.32 Å². The van der Waals surface area contributed by atoms with Crippen LogP contribution in [-0.4, -0.2) is 75.7 Å². The van der Waals surface area contributed by atoms with Gasteiger partial charge in [-0.3, -0.25) is 19.3 Å². The molecule has 0 aliphatic carbocycles. The maximum absolute atomic E-state index is 12.8. The average molecular weight is 438 g/mol. The second kappa shape index (κ2) is 8.52. The minimum atomic E-state index is -1.70. The first-order valence-corrected chi connectivity index (χ1v) is 10.5. The van der Waals surface area contributed by atoms with Crippen LogP contribution in [0.15, 0.2) is 30.3 Å².